The van der Waals surface area contributed by atoms with Gasteiger partial charge in [0.05, 0.1) is 5.41 Å². The first kappa shape index (κ1) is 20.1. The van der Waals surface area contributed by atoms with Crippen LogP contribution in [0.4, 0.5) is 0 Å². The molecule has 0 saturated heterocycles. The Hall–Kier alpha value is -3.22. The summed E-state index contributed by atoms with van der Waals surface area (Å²) in [6.45, 7) is 5.12. The Morgan fingerprint density at radius 3 is 2.22 bits per heavy atom. The Labute approximate surface area is 157 Å². The third-order valence-electron chi connectivity index (χ3n) is 4.03. The highest BCUT2D eigenvalue weighted by atomic mass is 16.6. The van der Waals surface area contributed by atoms with Gasteiger partial charge in [-0.3, -0.25) is 4.79 Å². The van der Waals surface area contributed by atoms with Gasteiger partial charge in [-0.2, -0.15) is 0 Å². The van der Waals surface area contributed by atoms with Gasteiger partial charge in [-0.25, -0.2) is 4.79 Å². The summed E-state index contributed by atoms with van der Waals surface area (Å²) in [5.41, 5.74) is -0.573. The molecule has 0 radical (unpaired) electrons. The SMILES string of the molecule is CCC(C)(C)C(=O)Oc1ccc(OCC(=O)Oc2cccc(O)c2O)cc1. The van der Waals surface area contributed by atoms with Gasteiger partial charge in [0.2, 0.25) is 5.75 Å². The van der Waals surface area contributed by atoms with Gasteiger partial charge in [0, 0.05) is 0 Å². The second kappa shape index (κ2) is 8.44. The van der Waals surface area contributed by atoms with Crippen molar-refractivity contribution in [2.75, 3.05) is 6.61 Å². The Kier molecular flexibility index (Phi) is 6.28. The van der Waals surface area contributed by atoms with Crippen molar-refractivity contribution in [3.05, 3.63) is 42.5 Å². The molecule has 0 spiro atoms. The first-order chi connectivity index (χ1) is 12.7. The lowest BCUT2D eigenvalue weighted by atomic mass is 9.91. The first-order valence-electron chi connectivity index (χ1n) is 8.39. The van der Waals surface area contributed by atoms with Crippen molar-refractivity contribution in [3.63, 3.8) is 0 Å². The summed E-state index contributed by atoms with van der Waals surface area (Å²) in [6.07, 6.45) is 0.657. The number of benzene rings is 2. The van der Waals surface area contributed by atoms with Gasteiger partial charge >= 0.3 is 11.9 Å². The summed E-state index contributed by atoms with van der Waals surface area (Å²) in [5, 5.41) is 19.0. The van der Waals surface area contributed by atoms with Crippen molar-refractivity contribution in [3.8, 4) is 28.7 Å². The highest BCUT2D eigenvalue weighted by Crippen LogP contribution is 2.34. The Balaban J connectivity index is 1.88. The van der Waals surface area contributed by atoms with Crippen LogP contribution >= 0.6 is 0 Å². The molecule has 0 unspecified atom stereocenters. The highest BCUT2D eigenvalue weighted by molar-refractivity contribution is 5.78. The van der Waals surface area contributed by atoms with Gasteiger partial charge in [0.1, 0.15) is 11.5 Å². The van der Waals surface area contributed by atoms with E-state index in [-0.39, 0.29) is 11.7 Å². The summed E-state index contributed by atoms with van der Waals surface area (Å²) in [6, 6.07) is 10.3. The third-order valence-corrected chi connectivity index (χ3v) is 4.03. The van der Waals surface area contributed by atoms with Crippen LogP contribution in [0.2, 0.25) is 0 Å². The monoisotopic (exact) mass is 374 g/mol. The number of ether oxygens (including phenoxy) is 3. The van der Waals surface area contributed by atoms with Crippen LogP contribution in [0.5, 0.6) is 28.7 Å². The molecule has 0 aliphatic heterocycles. The first-order valence-corrected chi connectivity index (χ1v) is 8.39. The van der Waals surface area contributed by atoms with Crippen LogP contribution in [0.25, 0.3) is 0 Å². The van der Waals surface area contributed by atoms with Crippen LogP contribution in [0.3, 0.4) is 0 Å². The quantitative estimate of drug-likeness (QED) is 0.435. The lowest BCUT2D eigenvalue weighted by molar-refractivity contribution is -0.144. The molecule has 0 aliphatic rings. The average molecular weight is 374 g/mol. The number of rotatable bonds is 7. The number of aromatic hydroxyl groups is 2. The van der Waals surface area contributed by atoms with E-state index in [2.05, 4.69) is 0 Å². The third kappa shape index (κ3) is 5.37. The molecule has 0 saturated carbocycles. The molecule has 0 aromatic heterocycles. The predicted octanol–water partition coefficient (Wildman–Crippen LogP) is 3.42. The van der Waals surface area contributed by atoms with Gasteiger partial charge in [-0.1, -0.05) is 13.0 Å². The van der Waals surface area contributed by atoms with Crippen molar-refractivity contribution in [1.29, 1.82) is 0 Å². The van der Waals surface area contributed by atoms with Crippen molar-refractivity contribution < 1.29 is 34.0 Å². The largest absolute Gasteiger partial charge is 0.504 e. The second-order valence-corrected chi connectivity index (χ2v) is 6.48. The van der Waals surface area contributed by atoms with Crippen molar-refractivity contribution >= 4 is 11.9 Å². The zero-order valence-corrected chi connectivity index (χ0v) is 15.4. The number of esters is 2. The minimum absolute atomic E-state index is 0.163. The predicted molar refractivity (Wildman–Crippen MR) is 97.1 cm³/mol. The smallest absolute Gasteiger partial charge is 0.349 e. The Morgan fingerprint density at radius 2 is 1.59 bits per heavy atom. The fraction of sp³-hybridized carbons (Fsp3) is 0.300. The molecule has 2 aromatic rings. The van der Waals surface area contributed by atoms with E-state index in [1.54, 1.807) is 24.3 Å². The summed E-state index contributed by atoms with van der Waals surface area (Å²) >= 11 is 0. The number of para-hydroxylation sites is 1. The summed E-state index contributed by atoms with van der Waals surface area (Å²) in [5.74, 6) is -1.40. The lowest BCUT2D eigenvalue weighted by Gasteiger charge is -2.20. The summed E-state index contributed by atoms with van der Waals surface area (Å²) in [4.78, 5) is 23.8. The van der Waals surface area contributed by atoms with Gasteiger partial charge in [-0.05, 0) is 56.7 Å². The molecule has 0 atom stereocenters. The maximum absolute atomic E-state index is 12.0. The standard InChI is InChI=1S/C20H22O7/c1-4-20(2,3)19(24)26-14-10-8-13(9-11-14)25-12-17(22)27-16-7-5-6-15(21)18(16)23/h5-11,21,23H,4,12H2,1-3H3. The van der Waals surface area contributed by atoms with E-state index in [1.165, 1.54) is 18.2 Å². The topological polar surface area (TPSA) is 102 Å². The maximum atomic E-state index is 12.0. The Bertz CT molecular complexity index is 810. The van der Waals surface area contributed by atoms with Crippen LogP contribution in [0.1, 0.15) is 27.2 Å². The van der Waals surface area contributed by atoms with Crippen LogP contribution in [-0.4, -0.2) is 28.8 Å². The second-order valence-electron chi connectivity index (χ2n) is 6.48. The molecule has 7 heteroatoms. The summed E-state index contributed by atoms with van der Waals surface area (Å²) < 4.78 is 15.5. The van der Waals surface area contributed by atoms with Crippen molar-refractivity contribution in [2.24, 2.45) is 5.41 Å². The Morgan fingerprint density at radius 1 is 0.963 bits per heavy atom. The van der Waals surface area contributed by atoms with E-state index in [0.717, 1.165) is 0 Å². The molecule has 2 N–H and O–H groups in total. The van der Waals surface area contributed by atoms with Gasteiger partial charge in [0.25, 0.3) is 0 Å². The summed E-state index contributed by atoms with van der Waals surface area (Å²) in [7, 11) is 0. The van der Waals surface area contributed by atoms with Crippen LogP contribution < -0.4 is 14.2 Å². The zero-order valence-electron chi connectivity index (χ0n) is 15.4. The molecule has 27 heavy (non-hydrogen) atoms. The van der Waals surface area contributed by atoms with Crippen molar-refractivity contribution in [2.45, 2.75) is 27.2 Å². The number of carbonyl (C=O) groups is 2. The fourth-order valence-corrected chi connectivity index (χ4v) is 1.88. The van der Waals surface area contributed by atoms with E-state index >= 15 is 0 Å². The zero-order chi connectivity index (χ0) is 20.0. The minimum Gasteiger partial charge on any atom is -0.504 e. The average Bonchev–Trinajstić information content (AvgIpc) is 2.65. The molecule has 2 rings (SSSR count). The molecule has 0 amide bonds. The fourth-order valence-electron chi connectivity index (χ4n) is 1.88. The van der Waals surface area contributed by atoms with E-state index in [4.69, 9.17) is 14.2 Å². The van der Waals surface area contributed by atoms with Crippen LogP contribution in [0, 0.1) is 5.41 Å². The molecule has 0 heterocycles. The molecular formula is C20H22O7. The van der Waals surface area contributed by atoms with E-state index in [0.29, 0.717) is 17.9 Å². The maximum Gasteiger partial charge on any atom is 0.349 e. The van der Waals surface area contributed by atoms with Gasteiger partial charge in [-0.15, -0.1) is 0 Å². The van der Waals surface area contributed by atoms with E-state index in [1.807, 2.05) is 20.8 Å². The molecule has 0 bridgehead atoms. The van der Waals surface area contributed by atoms with E-state index in [9.17, 15) is 19.8 Å². The number of hydrogen-bond donors (Lipinski definition) is 2. The molecular weight excluding hydrogens is 352 g/mol. The molecule has 0 fully saturated rings. The van der Waals surface area contributed by atoms with E-state index < -0.39 is 29.5 Å². The minimum atomic E-state index is -0.754. The molecule has 2 aromatic carbocycles. The normalized spacial score (nSPS) is 10.9. The molecule has 144 valence electrons. The number of hydrogen-bond acceptors (Lipinski definition) is 7. The van der Waals surface area contributed by atoms with Crippen LogP contribution in [-0.2, 0) is 9.59 Å². The van der Waals surface area contributed by atoms with Gasteiger partial charge < -0.3 is 24.4 Å². The number of phenols is 2. The van der Waals surface area contributed by atoms with Gasteiger partial charge in [0.15, 0.2) is 18.1 Å². The van der Waals surface area contributed by atoms with Crippen LogP contribution in [0.15, 0.2) is 42.5 Å². The molecule has 7 nitrogen and oxygen atoms in total. The highest BCUT2D eigenvalue weighted by Gasteiger charge is 2.27. The number of phenolic OH excluding ortho intramolecular Hbond substituents is 2. The molecule has 0 aliphatic carbocycles. The number of carbonyl (C=O) groups excluding carboxylic acids is 2. The lowest BCUT2D eigenvalue weighted by Crippen LogP contribution is -2.28. The van der Waals surface area contributed by atoms with Crippen molar-refractivity contribution in [1.82, 2.24) is 0 Å².